The van der Waals surface area contributed by atoms with Crippen molar-refractivity contribution in [2.24, 2.45) is 0 Å². The molecule has 0 aromatic heterocycles. The lowest BCUT2D eigenvalue weighted by atomic mass is 10.0. The van der Waals surface area contributed by atoms with Crippen molar-refractivity contribution >= 4 is 5.78 Å². The van der Waals surface area contributed by atoms with Crippen molar-refractivity contribution < 1.29 is 14.6 Å². The minimum absolute atomic E-state index is 0.0855. The summed E-state index contributed by atoms with van der Waals surface area (Å²) in [6, 6.07) is 3.44. The fraction of sp³-hybridized carbons (Fsp3) is 0.562. The third kappa shape index (κ3) is 4.27. The smallest absolute Gasteiger partial charge is 0.163 e. The van der Waals surface area contributed by atoms with E-state index in [0.29, 0.717) is 17.9 Å². The molecular formula is C16H24O3. The van der Waals surface area contributed by atoms with Gasteiger partial charge >= 0.3 is 0 Å². The normalized spacial score (nSPS) is 10.5. The van der Waals surface area contributed by atoms with E-state index < -0.39 is 0 Å². The maximum absolute atomic E-state index is 11.4. The van der Waals surface area contributed by atoms with Gasteiger partial charge in [-0.25, -0.2) is 0 Å². The number of hydrogen-bond donors (Lipinski definition) is 1. The zero-order chi connectivity index (χ0) is 14.3. The van der Waals surface area contributed by atoms with Crippen molar-refractivity contribution in [3.63, 3.8) is 0 Å². The van der Waals surface area contributed by atoms with E-state index in [2.05, 4.69) is 6.92 Å². The van der Waals surface area contributed by atoms with Crippen LogP contribution in [0.1, 0.15) is 62.4 Å². The van der Waals surface area contributed by atoms with E-state index in [4.69, 9.17) is 4.74 Å². The molecule has 1 aromatic carbocycles. The summed E-state index contributed by atoms with van der Waals surface area (Å²) in [5, 5.41) is 10.2. The van der Waals surface area contributed by atoms with Crippen LogP contribution in [0.4, 0.5) is 0 Å². The number of Topliss-reactive ketones (excluding diaryl/α,β-unsaturated/α-hetero) is 1. The van der Waals surface area contributed by atoms with E-state index in [9.17, 15) is 9.90 Å². The lowest BCUT2D eigenvalue weighted by molar-refractivity contribution is 0.101. The molecule has 0 spiro atoms. The number of ether oxygens (including phenoxy) is 1. The summed E-state index contributed by atoms with van der Waals surface area (Å²) in [6.07, 6.45) is 4.92. The number of benzene rings is 1. The molecule has 0 aliphatic rings. The van der Waals surface area contributed by atoms with Crippen LogP contribution in [0.2, 0.25) is 0 Å². The minimum atomic E-state index is -0.118. The molecule has 0 bridgehead atoms. The summed E-state index contributed by atoms with van der Waals surface area (Å²) >= 11 is 0. The molecule has 1 rings (SSSR count). The molecule has 0 saturated carbocycles. The number of phenolic OH excluding ortho intramolecular Hbond substituents is 1. The minimum Gasteiger partial charge on any atom is -0.507 e. The highest BCUT2D eigenvalue weighted by Gasteiger charge is 2.15. The molecule has 0 saturated heterocycles. The van der Waals surface area contributed by atoms with Crippen molar-refractivity contribution in [2.75, 3.05) is 6.61 Å². The summed E-state index contributed by atoms with van der Waals surface area (Å²) in [5.74, 6) is 0.676. The second kappa shape index (κ2) is 7.82. The zero-order valence-electron chi connectivity index (χ0n) is 12.2. The fourth-order valence-corrected chi connectivity index (χ4v) is 2.06. The molecule has 0 radical (unpaired) electrons. The van der Waals surface area contributed by atoms with E-state index in [1.165, 1.54) is 6.92 Å². The predicted molar refractivity (Wildman–Crippen MR) is 77.1 cm³/mol. The van der Waals surface area contributed by atoms with Gasteiger partial charge in [0.2, 0.25) is 0 Å². The highest BCUT2D eigenvalue weighted by Crippen LogP contribution is 2.33. The van der Waals surface area contributed by atoms with Crippen molar-refractivity contribution in [1.29, 1.82) is 0 Å². The van der Waals surface area contributed by atoms with E-state index in [0.717, 1.165) is 37.7 Å². The van der Waals surface area contributed by atoms with Crippen LogP contribution in [-0.2, 0) is 6.42 Å². The lowest BCUT2D eigenvalue weighted by Gasteiger charge is -2.14. The van der Waals surface area contributed by atoms with Gasteiger partial charge in [-0.2, -0.15) is 0 Å². The Hall–Kier alpha value is -1.51. The number of carbonyl (C=O) groups is 1. The Balaban J connectivity index is 2.90. The van der Waals surface area contributed by atoms with Gasteiger partial charge in [-0.15, -0.1) is 0 Å². The monoisotopic (exact) mass is 264 g/mol. The fourth-order valence-electron chi connectivity index (χ4n) is 2.06. The second-order valence-corrected chi connectivity index (χ2v) is 4.80. The topological polar surface area (TPSA) is 46.5 Å². The number of hydrogen-bond acceptors (Lipinski definition) is 3. The van der Waals surface area contributed by atoms with Crippen LogP contribution in [-0.4, -0.2) is 17.5 Å². The van der Waals surface area contributed by atoms with Crippen LogP contribution in [0.15, 0.2) is 12.1 Å². The molecule has 0 unspecified atom stereocenters. The maximum atomic E-state index is 11.4. The Labute approximate surface area is 115 Å². The first-order valence-electron chi connectivity index (χ1n) is 7.10. The highest BCUT2D eigenvalue weighted by atomic mass is 16.5. The quantitative estimate of drug-likeness (QED) is 0.567. The molecule has 1 aromatic rings. The second-order valence-electron chi connectivity index (χ2n) is 4.80. The van der Waals surface area contributed by atoms with Gasteiger partial charge in [0.05, 0.1) is 12.2 Å². The molecule has 0 amide bonds. The van der Waals surface area contributed by atoms with E-state index in [-0.39, 0.29) is 11.5 Å². The van der Waals surface area contributed by atoms with Gasteiger partial charge in [0.1, 0.15) is 11.5 Å². The Bertz CT molecular complexity index is 424. The lowest BCUT2D eigenvalue weighted by Crippen LogP contribution is -2.03. The summed E-state index contributed by atoms with van der Waals surface area (Å²) in [7, 11) is 0. The van der Waals surface area contributed by atoms with E-state index in [1.807, 2.05) is 6.92 Å². The van der Waals surface area contributed by atoms with Crippen LogP contribution in [0.25, 0.3) is 0 Å². The number of ketones is 1. The van der Waals surface area contributed by atoms with Gasteiger partial charge < -0.3 is 9.84 Å². The summed E-state index contributed by atoms with van der Waals surface area (Å²) in [5.41, 5.74) is 1.14. The molecular weight excluding hydrogens is 240 g/mol. The summed E-state index contributed by atoms with van der Waals surface area (Å²) in [6.45, 7) is 6.31. The SMILES string of the molecule is CCCCCOc1ccc(C(C)=O)c(O)c1CCC. The molecule has 3 nitrogen and oxygen atoms in total. The van der Waals surface area contributed by atoms with Gasteiger partial charge in [0.15, 0.2) is 5.78 Å². The predicted octanol–water partition coefficient (Wildman–Crippen LogP) is 4.12. The summed E-state index contributed by atoms with van der Waals surface area (Å²) in [4.78, 5) is 11.4. The first kappa shape index (κ1) is 15.5. The molecule has 0 aliphatic heterocycles. The number of rotatable bonds is 8. The molecule has 1 N–H and O–H groups in total. The number of aromatic hydroxyl groups is 1. The van der Waals surface area contributed by atoms with Crippen LogP contribution in [0.3, 0.4) is 0 Å². The highest BCUT2D eigenvalue weighted by molar-refractivity contribution is 5.97. The Morgan fingerprint density at radius 1 is 1.21 bits per heavy atom. The molecule has 0 heterocycles. The third-order valence-corrected chi connectivity index (χ3v) is 3.12. The van der Waals surface area contributed by atoms with Gasteiger partial charge in [0, 0.05) is 5.56 Å². The summed E-state index contributed by atoms with van der Waals surface area (Å²) < 4.78 is 5.74. The molecule has 106 valence electrons. The standard InChI is InChI=1S/C16H24O3/c1-4-6-7-11-19-15-10-9-13(12(3)17)16(18)14(15)8-5-2/h9-10,18H,4-8,11H2,1-3H3. The molecule has 0 atom stereocenters. The Morgan fingerprint density at radius 2 is 1.95 bits per heavy atom. The number of unbranched alkanes of at least 4 members (excludes halogenated alkanes) is 2. The first-order valence-corrected chi connectivity index (χ1v) is 7.10. The van der Waals surface area contributed by atoms with Crippen LogP contribution in [0.5, 0.6) is 11.5 Å². The van der Waals surface area contributed by atoms with Gasteiger partial charge in [0.25, 0.3) is 0 Å². The largest absolute Gasteiger partial charge is 0.507 e. The Morgan fingerprint density at radius 3 is 2.53 bits per heavy atom. The average molecular weight is 264 g/mol. The molecule has 0 fully saturated rings. The molecule has 3 heteroatoms. The first-order chi connectivity index (χ1) is 9.11. The van der Waals surface area contributed by atoms with Gasteiger partial charge in [-0.05, 0) is 31.9 Å². The number of phenols is 1. The van der Waals surface area contributed by atoms with Crippen LogP contribution in [0, 0.1) is 0 Å². The zero-order valence-corrected chi connectivity index (χ0v) is 12.2. The third-order valence-electron chi connectivity index (χ3n) is 3.12. The van der Waals surface area contributed by atoms with Crippen molar-refractivity contribution in [2.45, 2.75) is 52.9 Å². The van der Waals surface area contributed by atoms with Crippen LogP contribution < -0.4 is 4.74 Å². The van der Waals surface area contributed by atoms with E-state index >= 15 is 0 Å². The Kier molecular flexibility index (Phi) is 6.40. The maximum Gasteiger partial charge on any atom is 0.163 e. The van der Waals surface area contributed by atoms with Crippen molar-refractivity contribution in [3.05, 3.63) is 23.3 Å². The van der Waals surface area contributed by atoms with Gasteiger partial charge in [-0.1, -0.05) is 33.1 Å². The average Bonchev–Trinajstić information content (AvgIpc) is 2.38. The van der Waals surface area contributed by atoms with Crippen LogP contribution >= 0.6 is 0 Å². The van der Waals surface area contributed by atoms with Crippen molar-refractivity contribution in [1.82, 2.24) is 0 Å². The molecule has 0 aliphatic carbocycles. The van der Waals surface area contributed by atoms with E-state index in [1.54, 1.807) is 12.1 Å². The van der Waals surface area contributed by atoms with Crippen molar-refractivity contribution in [3.8, 4) is 11.5 Å². The molecule has 19 heavy (non-hydrogen) atoms. The van der Waals surface area contributed by atoms with Gasteiger partial charge in [-0.3, -0.25) is 4.79 Å². The number of carbonyl (C=O) groups excluding carboxylic acids is 1.